The number of carbonyl (C=O) groups is 2. The largest absolute Gasteiger partial charge is 0.339 e. The number of hydrogen-bond donors (Lipinski definition) is 2. The van der Waals surface area contributed by atoms with Gasteiger partial charge in [0.2, 0.25) is 5.91 Å². The van der Waals surface area contributed by atoms with Crippen molar-refractivity contribution < 1.29 is 9.59 Å². The van der Waals surface area contributed by atoms with E-state index in [0.717, 1.165) is 30.8 Å². The van der Waals surface area contributed by atoms with E-state index in [-0.39, 0.29) is 11.9 Å². The molecular weight excluding hydrogens is 328 g/mol. The zero-order valence-corrected chi connectivity index (χ0v) is 15.7. The highest BCUT2D eigenvalue weighted by Crippen LogP contribution is 2.19. The lowest BCUT2D eigenvalue weighted by Crippen LogP contribution is -2.51. The smallest absolute Gasteiger partial charge is 0.321 e. The van der Waals surface area contributed by atoms with Crippen molar-refractivity contribution >= 4 is 17.6 Å². The van der Waals surface area contributed by atoms with E-state index in [4.69, 9.17) is 0 Å². The van der Waals surface area contributed by atoms with Crippen LogP contribution in [0.4, 0.5) is 10.5 Å². The minimum atomic E-state index is -0.0857. The van der Waals surface area contributed by atoms with Gasteiger partial charge in [-0.2, -0.15) is 0 Å². The molecule has 6 heteroatoms. The zero-order valence-electron chi connectivity index (χ0n) is 15.7. The molecule has 0 aromatic heterocycles. The summed E-state index contributed by atoms with van der Waals surface area (Å²) < 4.78 is 0. The Hall–Kier alpha value is -2.08. The number of piperazine rings is 1. The first-order valence-corrected chi connectivity index (χ1v) is 9.73. The van der Waals surface area contributed by atoms with Gasteiger partial charge in [-0.1, -0.05) is 12.1 Å². The van der Waals surface area contributed by atoms with E-state index in [2.05, 4.69) is 10.6 Å². The van der Waals surface area contributed by atoms with Crippen LogP contribution >= 0.6 is 0 Å². The third kappa shape index (κ3) is 5.21. The van der Waals surface area contributed by atoms with E-state index in [1.54, 1.807) is 4.90 Å². The number of nitrogens with one attached hydrogen (secondary N) is 2. The van der Waals surface area contributed by atoms with Gasteiger partial charge in [-0.3, -0.25) is 4.79 Å². The van der Waals surface area contributed by atoms with Gasteiger partial charge in [0.15, 0.2) is 0 Å². The monoisotopic (exact) mass is 358 g/mol. The Bertz CT molecular complexity index is 620. The van der Waals surface area contributed by atoms with Crippen LogP contribution in [0.2, 0.25) is 0 Å². The molecule has 2 saturated heterocycles. The summed E-state index contributed by atoms with van der Waals surface area (Å²) in [5.41, 5.74) is 1.93. The van der Waals surface area contributed by atoms with Crippen molar-refractivity contribution in [1.82, 2.24) is 15.1 Å². The maximum absolute atomic E-state index is 12.4. The lowest BCUT2D eigenvalue weighted by Gasteiger charge is -2.35. The van der Waals surface area contributed by atoms with Crippen molar-refractivity contribution in [3.05, 3.63) is 29.8 Å². The lowest BCUT2D eigenvalue weighted by atomic mass is 9.93. The molecule has 0 atom stereocenters. The first-order chi connectivity index (χ1) is 12.6. The highest BCUT2D eigenvalue weighted by molar-refractivity contribution is 5.89. The lowest BCUT2D eigenvalue weighted by molar-refractivity contribution is -0.132. The van der Waals surface area contributed by atoms with Gasteiger partial charge in [0.05, 0.1) is 0 Å². The minimum absolute atomic E-state index is 0.0857. The van der Waals surface area contributed by atoms with E-state index in [1.165, 1.54) is 12.8 Å². The Morgan fingerprint density at radius 1 is 1.12 bits per heavy atom. The molecule has 3 amide bonds. The van der Waals surface area contributed by atoms with Crippen LogP contribution in [-0.2, 0) is 4.79 Å². The fourth-order valence-electron chi connectivity index (χ4n) is 3.74. The van der Waals surface area contributed by atoms with Gasteiger partial charge in [-0.05, 0) is 62.9 Å². The fraction of sp³-hybridized carbons (Fsp3) is 0.600. The molecule has 0 unspecified atom stereocenters. The van der Waals surface area contributed by atoms with Crippen molar-refractivity contribution in [2.45, 2.75) is 32.6 Å². The topological polar surface area (TPSA) is 64.7 Å². The van der Waals surface area contributed by atoms with Crippen LogP contribution in [0.15, 0.2) is 24.3 Å². The maximum Gasteiger partial charge on any atom is 0.321 e. The Balaban J connectivity index is 1.40. The van der Waals surface area contributed by atoms with Crippen molar-refractivity contribution in [3.63, 3.8) is 0 Å². The predicted molar refractivity (Wildman–Crippen MR) is 103 cm³/mol. The fourth-order valence-corrected chi connectivity index (χ4v) is 3.74. The quantitative estimate of drug-likeness (QED) is 0.869. The highest BCUT2D eigenvalue weighted by Gasteiger charge is 2.24. The van der Waals surface area contributed by atoms with Crippen LogP contribution in [-0.4, -0.2) is 61.0 Å². The van der Waals surface area contributed by atoms with E-state index >= 15 is 0 Å². The van der Waals surface area contributed by atoms with Crippen LogP contribution in [0.25, 0.3) is 0 Å². The molecule has 26 heavy (non-hydrogen) atoms. The molecule has 6 nitrogen and oxygen atoms in total. The summed E-state index contributed by atoms with van der Waals surface area (Å²) in [7, 11) is 0. The molecule has 0 bridgehead atoms. The number of amides is 3. The third-order valence-electron chi connectivity index (χ3n) is 5.41. The number of nitrogens with zero attached hydrogens (tertiary/aromatic N) is 2. The number of anilines is 1. The number of benzene rings is 1. The summed E-state index contributed by atoms with van der Waals surface area (Å²) >= 11 is 0. The summed E-state index contributed by atoms with van der Waals surface area (Å²) in [5, 5.41) is 6.31. The summed E-state index contributed by atoms with van der Waals surface area (Å²) in [6.07, 6.45) is 4.00. The van der Waals surface area contributed by atoms with Gasteiger partial charge in [0.1, 0.15) is 0 Å². The molecule has 0 spiro atoms. The molecular formula is C20H30N4O2. The number of rotatable bonds is 4. The maximum atomic E-state index is 12.4. The van der Waals surface area contributed by atoms with Gasteiger partial charge >= 0.3 is 6.03 Å². The van der Waals surface area contributed by atoms with Crippen LogP contribution in [0.3, 0.4) is 0 Å². The molecule has 2 N–H and O–H groups in total. The van der Waals surface area contributed by atoms with Crippen LogP contribution in [0, 0.1) is 12.8 Å². The van der Waals surface area contributed by atoms with Gasteiger partial charge in [0, 0.05) is 38.3 Å². The molecule has 2 aliphatic heterocycles. The van der Waals surface area contributed by atoms with Gasteiger partial charge in [0.25, 0.3) is 0 Å². The summed E-state index contributed by atoms with van der Waals surface area (Å²) in [5.74, 6) is 0.920. The van der Waals surface area contributed by atoms with Crippen molar-refractivity contribution in [2.24, 2.45) is 5.92 Å². The molecule has 0 saturated carbocycles. The van der Waals surface area contributed by atoms with E-state index in [1.807, 2.05) is 36.1 Å². The normalized spacial score (nSPS) is 18.7. The molecule has 3 rings (SSSR count). The molecule has 0 aliphatic carbocycles. The number of aryl methyl sites for hydroxylation is 1. The Morgan fingerprint density at radius 3 is 2.50 bits per heavy atom. The molecule has 142 valence electrons. The first kappa shape index (κ1) is 18.7. The summed E-state index contributed by atoms with van der Waals surface area (Å²) in [4.78, 5) is 28.5. The van der Waals surface area contributed by atoms with Crippen LogP contribution in [0.1, 0.15) is 31.2 Å². The van der Waals surface area contributed by atoms with Gasteiger partial charge in [-0.15, -0.1) is 0 Å². The molecule has 2 aliphatic rings. The second-order valence-corrected chi connectivity index (χ2v) is 7.40. The number of piperidine rings is 1. The average Bonchev–Trinajstić information content (AvgIpc) is 2.67. The molecule has 2 fully saturated rings. The third-order valence-corrected chi connectivity index (χ3v) is 5.41. The summed E-state index contributed by atoms with van der Waals surface area (Å²) in [6, 6.07) is 7.70. The standard InChI is InChI=1S/C20H30N4O2/c1-16-3-2-4-18(15-16)22-20(26)24-13-11-23(12-14-24)19(25)6-5-17-7-9-21-10-8-17/h2-4,15,17,21H,5-14H2,1H3,(H,22,26). The van der Waals surface area contributed by atoms with Gasteiger partial charge < -0.3 is 20.4 Å². The van der Waals surface area contributed by atoms with E-state index in [9.17, 15) is 9.59 Å². The Morgan fingerprint density at radius 2 is 1.81 bits per heavy atom. The number of urea groups is 1. The van der Waals surface area contributed by atoms with Crippen molar-refractivity contribution in [3.8, 4) is 0 Å². The summed E-state index contributed by atoms with van der Waals surface area (Å²) in [6.45, 7) is 6.61. The Kier molecular flexibility index (Phi) is 6.50. The van der Waals surface area contributed by atoms with E-state index in [0.29, 0.717) is 38.5 Å². The zero-order chi connectivity index (χ0) is 18.4. The molecule has 1 aromatic carbocycles. The minimum Gasteiger partial charge on any atom is -0.339 e. The molecule has 2 heterocycles. The first-order valence-electron chi connectivity index (χ1n) is 9.73. The van der Waals surface area contributed by atoms with Crippen molar-refractivity contribution in [1.29, 1.82) is 0 Å². The number of hydrogen-bond acceptors (Lipinski definition) is 3. The second kappa shape index (κ2) is 9.03. The Labute approximate surface area is 155 Å². The average molecular weight is 358 g/mol. The van der Waals surface area contributed by atoms with Crippen LogP contribution < -0.4 is 10.6 Å². The van der Waals surface area contributed by atoms with Crippen molar-refractivity contribution in [2.75, 3.05) is 44.6 Å². The molecule has 0 radical (unpaired) electrons. The second-order valence-electron chi connectivity index (χ2n) is 7.40. The van der Waals surface area contributed by atoms with E-state index < -0.39 is 0 Å². The predicted octanol–water partition coefficient (Wildman–Crippen LogP) is 2.45. The molecule has 1 aromatic rings. The number of carbonyl (C=O) groups excluding carboxylic acids is 2. The van der Waals surface area contributed by atoms with Gasteiger partial charge in [-0.25, -0.2) is 4.79 Å². The SMILES string of the molecule is Cc1cccc(NC(=O)N2CCN(C(=O)CCC3CCNCC3)CC2)c1. The van der Waals surface area contributed by atoms with Crippen LogP contribution in [0.5, 0.6) is 0 Å². The highest BCUT2D eigenvalue weighted by atomic mass is 16.2.